The maximum Gasteiger partial charge on any atom is 0.223 e. The van der Waals surface area contributed by atoms with Crippen LogP contribution >= 0.6 is 0 Å². The van der Waals surface area contributed by atoms with Gasteiger partial charge in [0.15, 0.2) is 0 Å². The van der Waals surface area contributed by atoms with Crippen molar-refractivity contribution in [1.29, 1.82) is 0 Å². The molecular weight excluding hydrogens is 240 g/mol. The van der Waals surface area contributed by atoms with Crippen molar-refractivity contribution in [3.05, 3.63) is 0 Å². The molecule has 0 radical (unpaired) electrons. The molecule has 1 N–H and O–H groups in total. The second kappa shape index (κ2) is 5.82. The molecule has 1 aliphatic heterocycles. The van der Waals surface area contributed by atoms with E-state index in [-0.39, 0.29) is 17.9 Å². The van der Waals surface area contributed by atoms with Crippen molar-refractivity contribution in [3.8, 4) is 0 Å². The molecule has 1 saturated heterocycles. The summed E-state index contributed by atoms with van der Waals surface area (Å²) in [6.07, 6.45) is 3.37. The van der Waals surface area contributed by atoms with Gasteiger partial charge < -0.3 is 5.32 Å². The fraction of sp³-hybridized carbons (Fsp3) is 0.909. The SMILES string of the molecule is CCC(C)NC(=O)C1CCN(S(C)(=O)=O)CC1. The zero-order chi connectivity index (χ0) is 13.1. The molecule has 0 spiro atoms. The molecular formula is C11H22N2O3S. The second-order valence-electron chi connectivity index (χ2n) is 4.75. The Bertz CT molecular complexity index is 359. The topological polar surface area (TPSA) is 66.5 Å². The van der Waals surface area contributed by atoms with Gasteiger partial charge in [-0.05, 0) is 26.2 Å². The van der Waals surface area contributed by atoms with Gasteiger partial charge in [-0.1, -0.05) is 6.92 Å². The van der Waals surface area contributed by atoms with Crippen LogP contribution in [-0.4, -0.2) is 44.0 Å². The van der Waals surface area contributed by atoms with Gasteiger partial charge in [-0.2, -0.15) is 0 Å². The lowest BCUT2D eigenvalue weighted by molar-refractivity contribution is -0.126. The standard InChI is InChI=1S/C11H22N2O3S/c1-4-9(2)12-11(14)10-5-7-13(8-6-10)17(3,15)16/h9-10H,4-8H2,1-3H3,(H,12,14). The Kier molecular flexibility index (Phi) is 4.94. The molecule has 100 valence electrons. The largest absolute Gasteiger partial charge is 0.353 e. The molecule has 17 heavy (non-hydrogen) atoms. The van der Waals surface area contributed by atoms with E-state index in [0.29, 0.717) is 25.9 Å². The molecule has 1 amide bonds. The summed E-state index contributed by atoms with van der Waals surface area (Å²) in [6.45, 7) is 4.91. The fourth-order valence-corrected chi connectivity index (χ4v) is 2.79. The lowest BCUT2D eigenvalue weighted by atomic mass is 9.97. The number of piperidine rings is 1. The van der Waals surface area contributed by atoms with E-state index < -0.39 is 10.0 Å². The highest BCUT2D eigenvalue weighted by Crippen LogP contribution is 2.19. The van der Waals surface area contributed by atoms with E-state index in [9.17, 15) is 13.2 Å². The number of rotatable bonds is 4. The molecule has 0 bridgehead atoms. The van der Waals surface area contributed by atoms with E-state index in [1.54, 1.807) is 0 Å². The molecule has 1 fully saturated rings. The van der Waals surface area contributed by atoms with Crippen LogP contribution in [0.5, 0.6) is 0 Å². The van der Waals surface area contributed by atoms with Crippen molar-refractivity contribution in [1.82, 2.24) is 9.62 Å². The summed E-state index contributed by atoms with van der Waals surface area (Å²) in [6, 6.07) is 0.190. The third-order valence-corrected chi connectivity index (χ3v) is 4.60. The van der Waals surface area contributed by atoms with E-state index in [1.165, 1.54) is 10.6 Å². The minimum atomic E-state index is -3.10. The second-order valence-corrected chi connectivity index (χ2v) is 6.74. The number of sulfonamides is 1. The zero-order valence-electron chi connectivity index (χ0n) is 10.8. The first kappa shape index (κ1) is 14.4. The van der Waals surface area contributed by atoms with Gasteiger partial charge in [0.25, 0.3) is 0 Å². The number of hydrogen-bond acceptors (Lipinski definition) is 3. The van der Waals surface area contributed by atoms with Gasteiger partial charge in [0.1, 0.15) is 0 Å². The van der Waals surface area contributed by atoms with E-state index in [1.807, 2.05) is 13.8 Å². The van der Waals surface area contributed by atoms with Crippen LogP contribution in [-0.2, 0) is 14.8 Å². The Morgan fingerprint density at radius 1 is 1.41 bits per heavy atom. The Labute approximate surface area is 104 Å². The van der Waals surface area contributed by atoms with Gasteiger partial charge in [-0.25, -0.2) is 12.7 Å². The number of carbonyl (C=O) groups excluding carboxylic acids is 1. The normalized spacial score (nSPS) is 21.1. The predicted molar refractivity (Wildman–Crippen MR) is 67.0 cm³/mol. The molecule has 0 aromatic heterocycles. The third-order valence-electron chi connectivity index (χ3n) is 3.29. The highest BCUT2D eigenvalue weighted by atomic mass is 32.2. The Morgan fingerprint density at radius 2 is 1.94 bits per heavy atom. The summed E-state index contributed by atoms with van der Waals surface area (Å²) in [5.74, 6) is 0.0227. The summed E-state index contributed by atoms with van der Waals surface area (Å²) >= 11 is 0. The molecule has 1 atom stereocenters. The van der Waals surface area contributed by atoms with Gasteiger partial charge in [0, 0.05) is 25.0 Å². The van der Waals surface area contributed by atoms with Crippen molar-refractivity contribution in [2.75, 3.05) is 19.3 Å². The first-order chi connectivity index (χ1) is 7.84. The Morgan fingerprint density at radius 3 is 2.35 bits per heavy atom. The van der Waals surface area contributed by atoms with Crippen LogP contribution in [0.1, 0.15) is 33.1 Å². The van der Waals surface area contributed by atoms with Crippen LogP contribution in [0, 0.1) is 5.92 Å². The number of nitrogens with zero attached hydrogens (tertiary/aromatic N) is 1. The zero-order valence-corrected chi connectivity index (χ0v) is 11.6. The molecule has 0 aliphatic carbocycles. The van der Waals surface area contributed by atoms with Crippen LogP contribution in [0.3, 0.4) is 0 Å². The molecule has 0 aromatic rings. The van der Waals surface area contributed by atoms with E-state index in [4.69, 9.17) is 0 Å². The molecule has 1 aliphatic rings. The van der Waals surface area contributed by atoms with Gasteiger partial charge in [-0.15, -0.1) is 0 Å². The maximum absolute atomic E-state index is 11.8. The Hall–Kier alpha value is -0.620. The summed E-state index contributed by atoms with van der Waals surface area (Å²) in [5, 5.41) is 2.95. The highest BCUT2D eigenvalue weighted by Gasteiger charge is 2.29. The van der Waals surface area contributed by atoms with E-state index in [2.05, 4.69) is 5.32 Å². The van der Waals surface area contributed by atoms with Gasteiger partial charge in [0.05, 0.1) is 6.26 Å². The minimum absolute atomic E-state index is 0.0398. The van der Waals surface area contributed by atoms with Crippen LogP contribution in [0.2, 0.25) is 0 Å². The van der Waals surface area contributed by atoms with Crippen molar-refractivity contribution in [2.24, 2.45) is 5.92 Å². The number of hydrogen-bond donors (Lipinski definition) is 1. The highest BCUT2D eigenvalue weighted by molar-refractivity contribution is 7.88. The van der Waals surface area contributed by atoms with Gasteiger partial charge >= 0.3 is 0 Å². The van der Waals surface area contributed by atoms with Gasteiger partial charge in [-0.3, -0.25) is 4.79 Å². The molecule has 1 rings (SSSR count). The summed E-state index contributed by atoms with van der Waals surface area (Å²) in [5.41, 5.74) is 0. The molecule has 0 saturated carbocycles. The number of amides is 1. The average Bonchev–Trinajstić information content (AvgIpc) is 2.27. The summed E-state index contributed by atoms with van der Waals surface area (Å²) < 4.78 is 24.1. The number of carbonyl (C=O) groups is 1. The molecule has 1 unspecified atom stereocenters. The van der Waals surface area contributed by atoms with E-state index >= 15 is 0 Å². The summed E-state index contributed by atoms with van der Waals surface area (Å²) in [7, 11) is -3.10. The van der Waals surface area contributed by atoms with Crippen LogP contribution in [0.25, 0.3) is 0 Å². The van der Waals surface area contributed by atoms with Crippen LogP contribution < -0.4 is 5.32 Å². The third kappa shape index (κ3) is 4.27. The van der Waals surface area contributed by atoms with E-state index in [0.717, 1.165) is 6.42 Å². The molecule has 6 heteroatoms. The van der Waals surface area contributed by atoms with Gasteiger partial charge in [0.2, 0.25) is 15.9 Å². The monoisotopic (exact) mass is 262 g/mol. The summed E-state index contributed by atoms with van der Waals surface area (Å²) in [4.78, 5) is 11.8. The van der Waals surface area contributed by atoms with Crippen LogP contribution in [0.4, 0.5) is 0 Å². The quantitative estimate of drug-likeness (QED) is 0.805. The molecule has 0 aromatic carbocycles. The first-order valence-electron chi connectivity index (χ1n) is 6.10. The van der Waals surface area contributed by atoms with Crippen molar-refractivity contribution in [3.63, 3.8) is 0 Å². The first-order valence-corrected chi connectivity index (χ1v) is 7.95. The Balaban J connectivity index is 2.44. The van der Waals surface area contributed by atoms with Crippen molar-refractivity contribution >= 4 is 15.9 Å². The lowest BCUT2D eigenvalue weighted by Gasteiger charge is -2.30. The van der Waals surface area contributed by atoms with Crippen LogP contribution in [0.15, 0.2) is 0 Å². The lowest BCUT2D eigenvalue weighted by Crippen LogP contribution is -2.44. The molecule has 1 heterocycles. The minimum Gasteiger partial charge on any atom is -0.353 e. The smallest absolute Gasteiger partial charge is 0.223 e. The average molecular weight is 262 g/mol. The fourth-order valence-electron chi connectivity index (χ4n) is 1.91. The number of nitrogens with one attached hydrogen (secondary N) is 1. The molecule has 5 nitrogen and oxygen atoms in total. The van der Waals surface area contributed by atoms with Crippen molar-refractivity contribution < 1.29 is 13.2 Å². The maximum atomic E-state index is 11.8. The predicted octanol–water partition coefficient (Wildman–Crippen LogP) is 0.573. The van der Waals surface area contributed by atoms with Crippen molar-refractivity contribution in [2.45, 2.75) is 39.2 Å².